The third kappa shape index (κ3) is 2.59. The van der Waals surface area contributed by atoms with E-state index in [0.29, 0.717) is 5.02 Å². The van der Waals surface area contributed by atoms with Gasteiger partial charge in [0.25, 0.3) is 0 Å². The van der Waals surface area contributed by atoms with Gasteiger partial charge >= 0.3 is 0 Å². The van der Waals surface area contributed by atoms with E-state index in [0.717, 1.165) is 33.0 Å². The maximum absolute atomic E-state index is 9.77. The zero-order valence-corrected chi connectivity index (χ0v) is 14.9. The summed E-state index contributed by atoms with van der Waals surface area (Å²) in [6, 6.07) is 14.1. The van der Waals surface area contributed by atoms with Crippen molar-refractivity contribution in [1.29, 1.82) is 5.26 Å². The maximum atomic E-state index is 9.77. The molecule has 2 nitrogen and oxygen atoms in total. The third-order valence-electron chi connectivity index (χ3n) is 3.80. The van der Waals surface area contributed by atoms with E-state index < -0.39 is 5.54 Å². The first kappa shape index (κ1) is 14.9. The Morgan fingerprint density at radius 1 is 1.19 bits per heavy atom. The van der Waals surface area contributed by atoms with E-state index in [1.807, 2.05) is 36.4 Å². The van der Waals surface area contributed by atoms with E-state index in [-0.39, 0.29) is 0 Å². The van der Waals surface area contributed by atoms with Crippen LogP contribution in [0.5, 0.6) is 0 Å². The predicted octanol–water partition coefficient (Wildman–Crippen LogP) is 5.64. The van der Waals surface area contributed by atoms with Crippen molar-refractivity contribution in [2.45, 2.75) is 18.4 Å². The first-order chi connectivity index (χ1) is 10.1. The van der Waals surface area contributed by atoms with Gasteiger partial charge in [0.1, 0.15) is 0 Å². The second-order valence-corrected chi connectivity index (χ2v) is 7.15. The number of rotatable bonds is 2. The van der Waals surface area contributed by atoms with Gasteiger partial charge in [-0.2, -0.15) is 5.26 Å². The summed E-state index contributed by atoms with van der Waals surface area (Å²) in [6.07, 6.45) is 1.63. The van der Waals surface area contributed by atoms with Gasteiger partial charge in [0, 0.05) is 14.6 Å². The van der Waals surface area contributed by atoms with Crippen molar-refractivity contribution in [3.63, 3.8) is 0 Å². The molecule has 1 unspecified atom stereocenters. The van der Waals surface area contributed by atoms with Crippen LogP contribution in [-0.2, 0) is 12.0 Å². The molecular weight excluding hydrogens is 415 g/mol. The minimum Gasteiger partial charge on any atom is -0.364 e. The summed E-state index contributed by atoms with van der Waals surface area (Å²) in [6.45, 7) is 0. The fraction of sp³-hybridized carbons (Fsp3) is 0.188. The predicted molar refractivity (Wildman–Crippen MR) is 92.5 cm³/mol. The fourth-order valence-corrected chi connectivity index (χ4v) is 3.81. The SMILES string of the molecule is N#CC1(Nc2ccc(Cl)c(Br)c2)CCc2c(Br)cccc21. The Balaban J connectivity index is 2.03. The Hall–Kier alpha value is -1.02. The van der Waals surface area contributed by atoms with E-state index in [1.165, 1.54) is 5.56 Å². The largest absolute Gasteiger partial charge is 0.364 e. The monoisotopic (exact) mass is 424 g/mol. The molecule has 5 heteroatoms. The van der Waals surface area contributed by atoms with E-state index in [2.05, 4.69) is 43.2 Å². The highest BCUT2D eigenvalue weighted by Gasteiger charge is 2.39. The lowest BCUT2D eigenvalue weighted by Crippen LogP contribution is -2.31. The number of benzene rings is 2. The highest BCUT2D eigenvalue weighted by Crippen LogP contribution is 2.42. The number of hydrogen-bond donors (Lipinski definition) is 1. The molecule has 0 radical (unpaired) electrons. The molecule has 1 aliphatic rings. The molecule has 1 atom stereocenters. The molecule has 0 saturated heterocycles. The molecule has 0 bridgehead atoms. The van der Waals surface area contributed by atoms with E-state index in [1.54, 1.807) is 0 Å². The minimum atomic E-state index is -0.688. The Morgan fingerprint density at radius 3 is 2.71 bits per heavy atom. The molecule has 1 N–H and O–H groups in total. The van der Waals surface area contributed by atoms with Crippen LogP contribution < -0.4 is 5.32 Å². The molecule has 21 heavy (non-hydrogen) atoms. The molecule has 0 saturated carbocycles. The smallest absolute Gasteiger partial charge is 0.151 e. The van der Waals surface area contributed by atoms with Crippen LogP contribution >= 0.6 is 43.5 Å². The maximum Gasteiger partial charge on any atom is 0.151 e. The molecule has 2 aromatic rings. The molecule has 0 amide bonds. The molecule has 106 valence electrons. The van der Waals surface area contributed by atoms with Gasteiger partial charge in [-0.3, -0.25) is 0 Å². The van der Waals surface area contributed by atoms with Gasteiger partial charge in [0.15, 0.2) is 5.54 Å². The van der Waals surface area contributed by atoms with Crippen molar-refractivity contribution in [3.05, 3.63) is 61.5 Å². The van der Waals surface area contributed by atoms with Gasteiger partial charge in [-0.05, 0) is 64.2 Å². The minimum absolute atomic E-state index is 0.654. The highest BCUT2D eigenvalue weighted by molar-refractivity contribution is 9.10. The molecule has 1 aliphatic carbocycles. The van der Waals surface area contributed by atoms with E-state index in [4.69, 9.17) is 11.6 Å². The van der Waals surface area contributed by atoms with Crippen LogP contribution in [0.15, 0.2) is 45.3 Å². The van der Waals surface area contributed by atoms with Crippen LogP contribution in [0.4, 0.5) is 5.69 Å². The zero-order chi connectivity index (χ0) is 15.0. The van der Waals surface area contributed by atoms with Crippen molar-refractivity contribution in [3.8, 4) is 6.07 Å². The summed E-state index contributed by atoms with van der Waals surface area (Å²) in [5.74, 6) is 0. The molecule has 0 aromatic heterocycles. The lowest BCUT2D eigenvalue weighted by molar-refractivity contribution is 0.621. The second kappa shape index (κ2) is 5.64. The van der Waals surface area contributed by atoms with Crippen molar-refractivity contribution < 1.29 is 0 Å². The zero-order valence-electron chi connectivity index (χ0n) is 11.0. The Morgan fingerprint density at radius 2 is 2.00 bits per heavy atom. The Kier molecular flexibility index (Phi) is 4.00. The van der Waals surface area contributed by atoms with Crippen LogP contribution in [0.2, 0.25) is 5.02 Å². The molecule has 3 rings (SSSR count). The lowest BCUT2D eigenvalue weighted by atomic mass is 9.93. The first-order valence-corrected chi connectivity index (χ1v) is 8.44. The van der Waals surface area contributed by atoms with Crippen LogP contribution in [0, 0.1) is 11.3 Å². The van der Waals surface area contributed by atoms with Crippen LogP contribution in [0.25, 0.3) is 0 Å². The summed E-state index contributed by atoms with van der Waals surface area (Å²) < 4.78 is 1.88. The summed E-state index contributed by atoms with van der Waals surface area (Å²) >= 11 is 13.0. The Labute approximate surface area is 145 Å². The average Bonchev–Trinajstić information content (AvgIpc) is 2.84. The first-order valence-electron chi connectivity index (χ1n) is 6.48. The summed E-state index contributed by atoms with van der Waals surface area (Å²) in [4.78, 5) is 0. The van der Waals surface area contributed by atoms with Crippen molar-refractivity contribution >= 4 is 49.1 Å². The molecular formula is C16H11Br2ClN2. The van der Waals surface area contributed by atoms with Crippen LogP contribution in [0.1, 0.15) is 17.5 Å². The molecule has 0 spiro atoms. The van der Waals surface area contributed by atoms with Crippen LogP contribution in [0.3, 0.4) is 0 Å². The van der Waals surface area contributed by atoms with Gasteiger partial charge in [0.05, 0.1) is 11.1 Å². The molecule has 0 aliphatic heterocycles. The highest BCUT2D eigenvalue weighted by atomic mass is 79.9. The summed E-state index contributed by atoms with van der Waals surface area (Å²) in [5, 5.41) is 13.8. The van der Waals surface area contributed by atoms with Gasteiger partial charge < -0.3 is 5.32 Å². The normalized spacial score (nSPS) is 19.9. The standard InChI is InChI=1S/C16H11Br2ClN2/c17-13-3-1-2-12-11(13)6-7-16(12,9-20)21-10-4-5-15(19)14(18)8-10/h1-5,8,21H,6-7H2. The van der Waals surface area contributed by atoms with Crippen molar-refractivity contribution in [2.75, 3.05) is 5.32 Å². The van der Waals surface area contributed by atoms with E-state index in [9.17, 15) is 5.26 Å². The number of halogens is 3. The number of nitriles is 1. The third-order valence-corrected chi connectivity index (χ3v) is 5.75. The van der Waals surface area contributed by atoms with Crippen LogP contribution in [-0.4, -0.2) is 0 Å². The Bertz CT molecular complexity index is 754. The number of fused-ring (bicyclic) bond motifs is 1. The molecule has 0 heterocycles. The molecule has 0 fully saturated rings. The van der Waals surface area contributed by atoms with Gasteiger partial charge in [-0.15, -0.1) is 0 Å². The lowest BCUT2D eigenvalue weighted by Gasteiger charge is -2.25. The number of nitrogens with one attached hydrogen (secondary N) is 1. The summed E-state index contributed by atoms with van der Waals surface area (Å²) in [5.41, 5.74) is 2.44. The van der Waals surface area contributed by atoms with E-state index >= 15 is 0 Å². The summed E-state index contributed by atoms with van der Waals surface area (Å²) in [7, 11) is 0. The quantitative estimate of drug-likeness (QED) is 0.674. The number of hydrogen-bond acceptors (Lipinski definition) is 2. The van der Waals surface area contributed by atoms with Gasteiger partial charge in [0.2, 0.25) is 0 Å². The number of nitrogens with zero attached hydrogens (tertiary/aromatic N) is 1. The topological polar surface area (TPSA) is 35.8 Å². The fourth-order valence-electron chi connectivity index (χ4n) is 2.75. The van der Waals surface area contributed by atoms with Gasteiger partial charge in [-0.25, -0.2) is 0 Å². The second-order valence-electron chi connectivity index (χ2n) is 5.04. The van der Waals surface area contributed by atoms with Crippen molar-refractivity contribution in [2.24, 2.45) is 0 Å². The van der Waals surface area contributed by atoms with Crippen molar-refractivity contribution in [1.82, 2.24) is 0 Å². The average molecular weight is 427 g/mol. The number of anilines is 1. The molecule has 2 aromatic carbocycles. The van der Waals surface area contributed by atoms with Gasteiger partial charge in [-0.1, -0.05) is 39.7 Å².